The van der Waals surface area contributed by atoms with Gasteiger partial charge in [-0.05, 0) is 46.1 Å². The quantitative estimate of drug-likeness (QED) is 0.176. The van der Waals surface area contributed by atoms with Gasteiger partial charge in [0.05, 0.1) is 5.41 Å². The van der Waals surface area contributed by atoms with Gasteiger partial charge in [-0.1, -0.05) is 64.7 Å². The minimum atomic E-state index is -0.814. The van der Waals surface area contributed by atoms with E-state index >= 15 is 0 Å². The van der Waals surface area contributed by atoms with E-state index in [1.807, 2.05) is 0 Å². The summed E-state index contributed by atoms with van der Waals surface area (Å²) in [4.78, 5) is 24.6. The Hall–Kier alpha value is -0.940. The number of Topliss-reactive ketones (excluding diaryl/α,β-unsaturated/α-hetero) is 1. The molecular weight excluding hydrogens is 352 g/mol. The number of unbranched alkanes of at least 4 members (excludes halogenated alkanes) is 10. The van der Waals surface area contributed by atoms with E-state index in [1.165, 1.54) is 44.9 Å². The Labute approximate surface area is 173 Å². The molecule has 0 saturated heterocycles. The van der Waals surface area contributed by atoms with Crippen LogP contribution in [0.4, 0.5) is 0 Å². The van der Waals surface area contributed by atoms with Crippen molar-refractivity contribution in [3.63, 3.8) is 0 Å². The van der Waals surface area contributed by atoms with Crippen LogP contribution in [-0.2, 0) is 14.3 Å². The second-order valence-electron chi connectivity index (χ2n) is 8.76. The molecule has 0 heterocycles. The molecule has 0 rings (SSSR count). The van der Waals surface area contributed by atoms with Gasteiger partial charge in [0.25, 0.3) is 0 Å². The molecule has 1 atom stereocenters. The fraction of sp³-hybridized carbons (Fsp3) is 0.913. The predicted octanol–water partition coefficient (Wildman–Crippen LogP) is 5.24. The highest BCUT2D eigenvalue weighted by Crippen LogP contribution is 2.25. The third kappa shape index (κ3) is 15.0. The van der Waals surface area contributed by atoms with Gasteiger partial charge in [0, 0.05) is 12.8 Å². The van der Waals surface area contributed by atoms with E-state index in [0.29, 0.717) is 19.4 Å². The number of rotatable bonds is 19. The second kappa shape index (κ2) is 17.0. The van der Waals surface area contributed by atoms with Crippen LogP contribution < -0.4 is 11.5 Å². The van der Waals surface area contributed by atoms with Gasteiger partial charge in [0.1, 0.15) is 5.78 Å². The van der Waals surface area contributed by atoms with Gasteiger partial charge in [-0.15, -0.1) is 0 Å². The molecule has 5 heteroatoms. The van der Waals surface area contributed by atoms with Crippen molar-refractivity contribution in [2.24, 2.45) is 16.9 Å². The first-order chi connectivity index (χ1) is 13.3. The maximum absolute atomic E-state index is 12.3. The summed E-state index contributed by atoms with van der Waals surface area (Å²) in [6.07, 6.45) is 14.7. The van der Waals surface area contributed by atoms with E-state index in [4.69, 9.17) is 16.2 Å². The minimum Gasteiger partial charge on any atom is -0.446 e. The minimum absolute atomic E-state index is 0.140. The van der Waals surface area contributed by atoms with Crippen LogP contribution in [0.1, 0.15) is 117 Å². The third-order valence-corrected chi connectivity index (χ3v) is 5.20. The molecule has 0 bridgehead atoms. The fourth-order valence-electron chi connectivity index (χ4n) is 3.31. The molecule has 0 aliphatic heterocycles. The van der Waals surface area contributed by atoms with Crippen molar-refractivity contribution in [3.8, 4) is 0 Å². The lowest BCUT2D eigenvalue weighted by Crippen LogP contribution is -2.36. The van der Waals surface area contributed by atoms with Crippen LogP contribution in [0.25, 0.3) is 0 Å². The molecule has 0 amide bonds. The number of carbonyl (C=O) groups excluding carboxylic acids is 2. The molecule has 0 aliphatic rings. The van der Waals surface area contributed by atoms with Crippen molar-refractivity contribution in [1.29, 1.82) is 0 Å². The van der Waals surface area contributed by atoms with Gasteiger partial charge in [-0.2, -0.15) is 0 Å². The summed E-state index contributed by atoms with van der Waals surface area (Å²) in [5.41, 5.74) is 10.5. The lowest BCUT2D eigenvalue weighted by atomic mass is 9.86. The monoisotopic (exact) mass is 398 g/mol. The molecule has 166 valence electrons. The molecule has 0 fully saturated rings. The molecule has 0 aromatic carbocycles. The van der Waals surface area contributed by atoms with Crippen molar-refractivity contribution in [3.05, 3.63) is 0 Å². The van der Waals surface area contributed by atoms with Crippen LogP contribution in [0.2, 0.25) is 0 Å². The van der Waals surface area contributed by atoms with Crippen LogP contribution >= 0.6 is 0 Å². The Kier molecular flexibility index (Phi) is 16.4. The largest absolute Gasteiger partial charge is 0.446 e. The van der Waals surface area contributed by atoms with Crippen molar-refractivity contribution < 1.29 is 14.3 Å². The summed E-state index contributed by atoms with van der Waals surface area (Å²) in [6, 6.07) is 0. The molecule has 28 heavy (non-hydrogen) atoms. The Morgan fingerprint density at radius 3 is 1.96 bits per heavy atom. The average Bonchev–Trinajstić information content (AvgIpc) is 2.63. The van der Waals surface area contributed by atoms with Crippen molar-refractivity contribution in [2.45, 2.75) is 123 Å². The Balaban J connectivity index is 3.89. The van der Waals surface area contributed by atoms with Crippen LogP contribution in [0.15, 0.2) is 0 Å². The van der Waals surface area contributed by atoms with Crippen LogP contribution in [0, 0.1) is 5.41 Å². The zero-order chi connectivity index (χ0) is 21.3. The molecule has 0 aromatic heterocycles. The van der Waals surface area contributed by atoms with Gasteiger partial charge in [-0.25, -0.2) is 0 Å². The first-order valence-electron chi connectivity index (χ1n) is 11.5. The Morgan fingerprint density at radius 2 is 1.39 bits per heavy atom. The molecule has 0 aromatic rings. The van der Waals surface area contributed by atoms with Crippen molar-refractivity contribution in [2.75, 3.05) is 6.54 Å². The molecule has 5 nitrogen and oxygen atoms in total. The number of ether oxygens (including phenoxy) is 1. The van der Waals surface area contributed by atoms with E-state index in [0.717, 1.165) is 32.1 Å². The van der Waals surface area contributed by atoms with E-state index < -0.39 is 11.6 Å². The highest BCUT2D eigenvalue weighted by atomic mass is 16.6. The third-order valence-electron chi connectivity index (χ3n) is 5.20. The Bertz CT molecular complexity index is 411. The molecule has 0 saturated carbocycles. The summed E-state index contributed by atoms with van der Waals surface area (Å²) >= 11 is 0. The zero-order valence-electron chi connectivity index (χ0n) is 18.8. The lowest BCUT2D eigenvalue weighted by Gasteiger charge is -2.24. The van der Waals surface area contributed by atoms with Crippen LogP contribution in [-0.4, -0.2) is 24.5 Å². The maximum Gasteiger partial charge on any atom is 0.313 e. The average molecular weight is 399 g/mol. The summed E-state index contributed by atoms with van der Waals surface area (Å²) < 4.78 is 5.35. The molecule has 1 unspecified atom stereocenters. The molecule has 0 radical (unpaired) electrons. The smallest absolute Gasteiger partial charge is 0.313 e. The van der Waals surface area contributed by atoms with E-state index in [2.05, 4.69) is 6.92 Å². The fourth-order valence-corrected chi connectivity index (χ4v) is 3.31. The van der Waals surface area contributed by atoms with Gasteiger partial charge >= 0.3 is 5.97 Å². The van der Waals surface area contributed by atoms with E-state index in [9.17, 15) is 9.59 Å². The number of hydrogen-bond donors (Lipinski definition) is 2. The van der Waals surface area contributed by atoms with Crippen molar-refractivity contribution >= 4 is 11.8 Å². The summed E-state index contributed by atoms with van der Waals surface area (Å²) in [6.45, 7) is 6.44. The summed E-state index contributed by atoms with van der Waals surface area (Å²) in [5, 5.41) is 0. The highest BCUT2D eigenvalue weighted by molar-refractivity contribution is 5.86. The first kappa shape index (κ1) is 27.1. The van der Waals surface area contributed by atoms with Crippen LogP contribution in [0.3, 0.4) is 0 Å². The lowest BCUT2D eigenvalue weighted by molar-refractivity contribution is -0.161. The second-order valence-corrected chi connectivity index (χ2v) is 8.76. The van der Waals surface area contributed by atoms with E-state index in [-0.39, 0.29) is 18.2 Å². The van der Waals surface area contributed by atoms with Gasteiger partial charge < -0.3 is 10.5 Å². The zero-order valence-corrected chi connectivity index (χ0v) is 18.8. The first-order valence-corrected chi connectivity index (χ1v) is 11.5. The summed E-state index contributed by atoms with van der Waals surface area (Å²) in [7, 11) is 0. The standard InChI is InChI=1S/C23H46N2O3/c1-4-5-6-7-8-9-10-11-13-16-20(26)19-23(2,3)22(27)28-21(25)17-14-12-15-18-24/h21H,4-19,24-25H2,1-3H3. The summed E-state index contributed by atoms with van der Waals surface area (Å²) in [5.74, 6) is -0.235. The molecule has 0 spiro atoms. The number of nitrogens with two attached hydrogens (primary N) is 2. The van der Waals surface area contributed by atoms with E-state index in [1.54, 1.807) is 13.8 Å². The van der Waals surface area contributed by atoms with Gasteiger partial charge in [-0.3, -0.25) is 15.3 Å². The van der Waals surface area contributed by atoms with Crippen LogP contribution in [0.5, 0.6) is 0 Å². The maximum atomic E-state index is 12.3. The molecule has 0 aliphatic carbocycles. The molecule has 4 N–H and O–H groups in total. The number of esters is 1. The van der Waals surface area contributed by atoms with Gasteiger partial charge in [0.2, 0.25) is 0 Å². The topological polar surface area (TPSA) is 95.4 Å². The normalized spacial score (nSPS) is 12.8. The number of ketones is 1. The van der Waals surface area contributed by atoms with Crippen molar-refractivity contribution in [1.82, 2.24) is 0 Å². The SMILES string of the molecule is CCCCCCCCCCCC(=O)CC(C)(C)C(=O)OC(N)CCCCCN. The van der Waals surface area contributed by atoms with Gasteiger partial charge in [0.15, 0.2) is 6.23 Å². The predicted molar refractivity (Wildman–Crippen MR) is 117 cm³/mol. The number of hydrogen-bond acceptors (Lipinski definition) is 5. The highest BCUT2D eigenvalue weighted by Gasteiger charge is 2.32. The molecular formula is C23H46N2O3. The Morgan fingerprint density at radius 1 is 0.857 bits per heavy atom. The number of carbonyl (C=O) groups is 2.